The number of nitro groups is 1. The van der Waals surface area contributed by atoms with Crippen molar-refractivity contribution in [2.45, 2.75) is 38.1 Å². The van der Waals surface area contributed by atoms with Crippen LogP contribution in [0.2, 0.25) is 0 Å². The van der Waals surface area contributed by atoms with Crippen molar-refractivity contribution in [3.8, 4) is 5.75 Å². The maximum absolute atomic E-state index is 13.3. The van der Waals surface area contributed by atoms with Gasteiger partial charge in [0.25, 0.3) is 5.69 Å². The number of hydrogen-bond acceptors (Lipinski definition) is 5. The van der Waals surface area contributed by atoms with Gasteiger partial charge >= 0.3 is 0 Å². The van der Waals surface area contributed by atoms with E-state index < -0.39 is 10.3 Å². The minimum atomic E-state index is -0.738. The van der Waals surface area contributed by atoms with Crippen LogP contribution in [-0.4, -0.2) is 23.7 Å². The molecule has 2 aromatic carbocycles. The van der Waals surface area contributed by atoms with Crippen molar-refractivity contribution in [3.05, 3.63) is 63.2 Å². The van der Waals surface area contributed by atoms with E-state index in [1.807, 2.05) is 12.1 Å². The lowest BCUT2D eigenvalue weighted by Gasteiger charge is -2.37. The summed E-state index contributed by atoms with van der Waals surface area (Å²) in [5, 5.41) is 11.8. The summed E-state index contributed by atoms with van der Waals surface area (Å²) in [6.45, 7) is 1.61. The molecule has 0 saturated heterocycles. The van der Waals surface area contributed by atoms with Crippen LogP contribution >= 0.6 is 0 Å². The highest BCUT2D eigenvalue weighted by Gasteiger charge is 2.56. The monoisotopic (exact) mass is 380 g/mol. The number of benzene rings is 2. The number of methoxy groups -OCH3 is 1. The Morgan fingerprint density at radius 1 is 1.25 bits per heavy atom. The third kappa shape index (κ3) is 2.58. The van der Waals surface area contributed by atoms with Crippen LogP contribution in [0.15, 0.2) is 36.4 Å². The standard InChI is InChI=1S/C21H20N2O5/c1-13(24)15-10-17-19(18(11-15)23(26)27)22(20(25)21(17)8-3-9-21)12-14-4-6-16(28-2)7-5-14/h4-7,10-11H,3,8-9,12H2,1-2H3. The van der Waals surface area contributed by atoms with E-state index >= 15 is 0 Å². The smallest absolute Gasteiger partial charge is 0.294 e. The molecule has 4 rings (SSSR count). The first-order chi connectivity index (χ1) is 13.4. The van der Waals surface area contributed by atoms with Gasteiger partial charge < -0.3 is 9.64 Å². The number of ketones is 1. The minimum Gasteiger partial charge on any atom is -0.497 e. The zero-order valence-electron chi connectivity index (χ0n) is 15.7. The van der Waals surface area contributed by atoms with Crippen molar-refractivity contribution < 1.29 is 19.2 Å². The molecule has 7 nitrogen and oxygen atoms in total. The second-order valence-electron chi connectivity index (χ2n) is 7.38. The zero-order chi connectivity index (χ0) is 20.1. The summed E-state index contributed by atoms with van der Waals surface area (Å²) in [6, 6.07) is 10.2. The van der Waals surface area contributed by atoms with Crippen LogP contribution in [0, 0.1) is 10.1 Å². The van der Waals surface area contributed by atoms with Gasteiger partial charge in [0, 0.05) is 11.6 Å². The fourth-order valence-electron chi connectivity index (χ4n) is 4.16. The summed E-state index contributed by atoms with van der Waals surface area (Å²) in [5.41, 5.74) is 1.15. The highest BCUT2D eigenvalue weighted by Crippen LogP contribution is 2.56. The van der Waals surface area contributed by atoms with E-state index in [-0.39, 0.29) is 29.5 Å². The fraction of sp³-hybridized carbons (Fsp3) is 0.333. The van der Waals surface area contributed by atoms with Gasteiger partial charge in [-0.3, -0.25) is 19.7 Å². The molecular formula is C21H20N2O5. The Morgan fingerprint density at radius 2 is 1.93 bits per heavy atom. The molecule has 1 aliphatic carbocycles. The summed E-state index contributed by atoms with van der Waals surface area (Å²) in [5.74, 6) is 0.333. The normalized spacial score (nSPS) is 16.6. The lowest BCUT2D eigenvalue weighted by Crippen LogP contribution is -2.44. The molecule has 2 aliphatic rings. The lowest BCUT2D eigenvalue weighted by atomic mass is 9.65. The maximum Gasteiger partial charge on any atom is 0.294 e. The van der Waals surface area contributed by atoms with E-state index in [1.165, 1.54) is 17.9 Å². The van der Waals surface area contributed by atoms with E-state index in [1.54, 1.807) is 25.3 Å². The molecule has 1 spiro atoms. The molecule has 0 aromatic heterocycles. The summed E-state index contributed by atoms with van der Waals surface area (Å²) < 4.78 is 5.16. The molecule has 1 aliphatic heterocycles. The predicted octanol–water partition coefficient (Wildman–Crippen LogP) is 3.77. The van der Waals surface area contributed by atoms with Gasteiger partial charge in [0.2, 0.25) is 5.91 Å². The van der Waals surface area contributed by atoms with Crippen LogP contribution in [-0.2, 0) is 16.8 Å². The third-order valence-corrected chi connectivity index (χ3v) is 5.84. The van der Waals surface area contributed by atoms with Gasteiger partial charge in [0.05, 0.1) is 24.0 Å². The number of carbonyl (C=O) groups is 2. The van der Waals surface area contributed by atoms with Gasteiger partial charge in [-0.2, -0.15) is 0 Å². The van der Waals surface area contributed by atoms with Crippen molar-refractivity contribution in [2.24, 2.45) is 0 Å². The molecule has 1 heterocycles. The first-order valence-electron chi connectivity index (χ1n) is 9.16. The van der Waals surface area contributed by atoms with Crippen molar-refractivity contribution in [1.29, 1.82) is 0 Å². The number of hydrogen-bond donors (Lipinski definition) is 0. The molecule has 28 heavy (non-hydrogen) atoms. The quantitative estimate of drug-likeness (QED) is 0.447. The molecule has 1 saturated carbocycles. The molecule has 1 amide bonds. The average Bonchev–Trinajstić information content (AvgIpc) is 2.89. The topological polar surface area (TPSA) is 89.8 Å². The van der Waals surface area contributed by atoms with Gasteiger partial charge in [-0.15, -0.1) is 0 Å². The summed E-state index contributed by atoms with van der Waals surface area (Å²) in [4.78, 5) is 38.1. The Balaban J connectivity index is 1.85. The number of rotatable bonds is 5. The lowest BCUT2D eigenvalue weighted by molar-refractivity contribution is -0.384. The molecule has 0 radical (unpaired) electrons. The first kappa shape index (κ1) is 18.2. The zero-order valence-corrected chi connectivity index (χ0v) is 15.7. The van der Waals surface area contributed by atoms with E-state index in [9.17, 15) is 19.7 Å². The Morgan fingerprint density at radius 3 is 2.43 bits per heavy atom. The van der Waals surface area contributed by atoms with E-state index in [0.29, 0.717) is 29.8 Å². The van der Waals surface area contributed by atoms with Gasteiger partial charge in [-0.1, -0.05) is 18.6 Å². The Bertz CT molecular complexity index is 993. The first-order valence-corrected chi connectivity index (χ1v) is 9.16. The highest BCUT2D eigenvalue weighted by atomic mass is 16.6. The molecule has 144 valence electrons. The van der Waals surface area contributed by atoms with Crippen LogP contribution in [0.5, 0.6) is 5.75 Å². The third-order valence-electron chi connectivity index (χ3n) is 5.84. The molecule has 1 fully saturated rings. The molecule has 2 aromatic rings. The predicted molar refractivity (Wildman–Crippen MR) is 103 cm³/mol. The molecule has 0 bridgehead atoms. The minimum absolute atomic E-state index is 0.117. The van der Waals surface area contributed by atoms with Crippen LogP contribution in [0.25, 0.3) is 0 Å². The molecular weight excluding hydrogens is 360 g/mol. The van der Waals surface area contributed by atoms with Crippen LogP contribution in [0.4, 0.5) is 11.4 Å². The fourth-order valence-corrected chi connectivity index (χ4v) is 4.16. The molecule has 0 atom stereocenters. The maximum atomic E-state index is 13.3. The van der Waals surface area contributed by atoms with E-state index in [2.05, 4.69) is 0 Å². The largest absolute Gasteiger partial charge is 0.497 e. The van der Waals surface area contributed by atoms with Gasteiger partial charge in [-0.25, -0.2) is 0 Å². The average molecular weight is 380 g/mol. The molecule has 0 N–H and O–H groups in total. The number of carbonyl (C=O) groups excluding carboxylic acids is 2. The SMILES string of the molecule is COc1ccc(CN2C(=O)C3(CCC3)c3cc(C(C)=O)cc([N+](=O)[O-])c32)cc1. The Hall–Kier alpha value is -3.22. The number of fused-ring (bicyclic) bond motifs is 2. The number of amides is 1. The van der Waals surface area contributed by atoms with E-state index in [0.717, 1.165) is 12.0 Å². The van der Waals surface area contributed by atoms with Crippen molar-refractivity contribution >= 4 is 23.1 Å². The van der Waals surface area contributed by atoms with Crippen molar-refractivity contribution in [2.75, 3.05) is 12.0 Å². The number of Topliss-reactive ketones (excluding diaryl/α,β-unsaturated/α-hetero) is 1. The van der Waals surface area contributed by atoms with Crippen molar-refractivity contribution in [1.82, 2.24) is 0 Å². The second-order valence-corrected chi connectivity index (χ2v) is 7.38. The Labute approximate surface area is 162 Å². The summed E-state index contributed by atoms with van der Waals surface area (Å²) in [7, 11) is 1.57. The van der Waals surface area contributed by atoms with Gasteiger partial charge in [0.1, 0.15) is 11.4 Å². The van der Waals surface area contributed by atoms with Crippen molar-refractivity contribution in [3.63, 3.8) is 0 Å². The van der Waals surface area contributed by atoms with Gasteiger partial charge in [-0.05, 0) is 49.1 Å². The highest BCUT2D eigenvalue weighted by molar-refractivity contribution is 6.12. The van der Waals surface area contributed by atoms with Crippen LogP contribution in [0.1, 0.15) is 47.7 Å². The number of nitro benzene ring substituents is 1. The summed E-state index contributed by atoms with van der Waals surface area (Å²) in [6.07, 6.45) is 2.19. The van der Waals surface area contributed by atoms with E-state index in [4.69, 9.17) is 4.74 Å². The Kier molecular flexibility index (Phi) is 4.18. The number of nitrogens with zero attached hydrogens (tertiary/aromatic N) is 2. The van der Waals surface area contributed by atoms with Crippen LogP contribution < -0.4 is 9.64 Å². The number of ether oxygens (including phenoxy) is 1. The summed E-state index contributed by atoms with van der Waals surface area (Å²) >= 11 is 0. The molecule has 0 unspecified atom stereocenters. The van der Waals surface area contributed by atoms with Crippen LogP contribution in [0.3, 0.4) is 0 Å². The second kappa shape index (κ2) is 6.44. The molecule has 7 heteroatoms. The number of anilines is 1. The van der Waals surface area contributed by atoms with Gasteiger partial charge in [0.15, 0.2) is 5.78 Å².